The first-order valence-electron chi connectivity index (χ1n) is 3.76. The zero-order chi connectivity index (χ0) is 10.8. The van der Waals surface area contributed by atoms with Crippen molar-refractivity contribution >= 4 is 33.0 Å². The molecule has 1 atom stereocenters. The van der Waals surface area contributed by atoms with Crippen LogP contribution >= 0.6 is 22.9 Å². The second-order valence-corrected chi connectivity index (χ2v) is 6.36. The van der Waals surface area contributed by atoms with Gasteiger partial charge in [0.05, 0.1) is 10.6 Å². The van der Waals surface area contributed by atoms with Gasteiger partial charge in [0.25, 0.3) is 0 Å². The van der Waals surface area contributed by atoms with Crippen LogP contribution in [0, 0.1) is 0 Å². The van der Waals surface area contributed by atoms with Crippen molar-refractivity contribution < 1.29 is 13.5 Å². The summed E-state index contributed by atoms with van der Waals surface area (Å²) in [5, 5.41) is 9.52. The van der Waals surface area contributed by atoms with Crippen molar-refractivity contribution in [1.82, 2.24) is 4.72 Å². The summed E-state index contributed by atoms with van der Waals surface area (Å²) in [5.74, 6) is 0. The average molecular weight is 256 g/mol. The van der Waals surface area contributed by atoms with E-state index >= 15 is 0 Å². The Morgan fingerprint density at radius 1 is 1.64 bits per heavy atom. The van der Waals surface area contributed by atoms with Crippen LogP contribution in [0.15, 0.2) is 12.1 Å². The van der Waals surface area contributed by atoms with E-state index in [1.165, 1.54) is 11.3 Å². The third-order valence-electron chi connectivity index (χ3n) is 1.46. The Bertz CT molecular complexity index is 401. The number of nitrogens with one attached hydrogen (secondary N) is 1. The number of rotatable bonds is 4. The first-order valence-corrected chi connectivity index (χ1v) is 6.85. The Kier molecular flexibility index (Phi) is 3.91. The Hall–Kier alpha value is -0.140. The van der Waals surface area contributed by atoms with E-state index in [0.717, 1.165) is 6.26 Å². The first-order chi connectivity index (χ1) is 6.38. The van der Waals surface area contributed by atoms with Crippen LogP contribution in [-0.2, 0) is 10.0 Å². The maximum absolute atomic E-state index is 10.7. The number of aliphatic hydroxyl groups is 1. The molecule has 14 heavy (non-hydrogen) atoms. The molecule has 2 N–H and O–H groups in total. The third kappa shape index (κ3) is 3.93. The molecule has 0 saturated carbocycles. The quantitative estimate of drug-likeness (QED) is 0.843. The van der Waals surface area contributed by atoms with Gasteiger partial charge < -0.3 is 5.11 Å². The number of aliphatic hydroxyl groups excluding tert-OH is 1. The van der Waals surface area contributed by atoms with E-state index in [-0.39, 0.29) is 6.54 Å². The topological polar surface area (TPSA) is 66.4 Å². The molecule has 1 unspecified atom stereocenters. The molecule has 1 aromatic rings. The lowest BCUT2D eigenvalue weighted by Crippen LogP contribution is -2.26. The SMILES string of the molecule is CS(=O)(=O)NCC(O)c1ccc(Cl)s1. The van der Waals surface area contributed by atoms with Crippen LogP contribution in [0.3, 0.4) is 0 Å². The van der Waals surface area contributed by atoms with E-state index in [1.54, 1.807) is 12.1 Å². The molecule has 0 aliphatic carbocycles. The Balaban J connectivity index is 2.55. The van der Waals surface area contributed by atoms with Gasteiger partial charge in [0, 0.05) is 11.4 Å². The fraction of sp³-hybridized carbons (Fsp3) is 0.429. The normalized spacial score (nSPS) is 14.2. The molecule has 7 heteroatoms. The molecule has 1 heterocycles. The molecule has 1 aromatic heterocycles. The van der Waals surface area contributed by atoms with E-state index in [1.807, 2.05) is 0 Å². The minimum absolute atomic E-state index is 0.0321. The minimum Gasteiger partial charge on any atom is -0.386 e. The van der Waals surface area contributed by atoms with Gasteiger partial charge in [-0.3, -0.25) is 0 Å². The highest BCUT2D eigenvalue weighted by molar-refractivity contribution is 7.88. The van der Waals surface area contributed by atoms with Crippen LogP contribution < -0.4 is 4.72 Å². The molecule has 0 aliphatic heterocycles. The zero-order valence-corrected chi connectivity index (χ0v) is 9.79. The lowest BCUT2D eigenvalue weighted by Gasteiger charge is -2.07. The summed E-state index contributed by atoms with van der Waals surface area (Å²) in [6, 6.07) is 3.33. The highest BCUT2D eigenvalue weighted by Crippen LogP contribution is 2.26. The van der Waals surface area contributed by atoms with Gasteiger partial charge in [-0.25, -0.2) is 13.1 Å². The van der Waals surface area contributed by atoms with Crippen molar-refractivity contribution in [2.45, 2.75) is 6.10 Å². The van der Waals surface area contributed by atoms with Gasteiger partial charge in [-0.15, -0.1) is 11.3 Å². The number of hydrogen-bond donors (Lipinski definition) is 2. The second kappa shape index (κ2) is 4.59. The molecule has 0 spiro atoms. The average Bonchev–Trinajstić information content (AvgIpc) is 2.46. The second-order valence-electron chi connectivity index (χ2n) is 2.78. The largest absolute Gasteiger partial charge is 0.386 e. The van der Waals surface area contributed by atoms with Gasteiger partial charge in [-0.1, -0.05) is 11.6 Å². The van der Waals surface area contributed by atoms with E-state index in [2.05, 4.69) is 4.72 Å². The summed E-state index contributed by atoms with van der Waals surface area (Å²) in [4.78, 5) is 0.645. The molecule has 0 saturated heterocycles. The molecule has 0 bridgehead atoms. The smallest absolute Gasteiger partial charge is 0.208 e. The lowest BCUT2D eigenvalue weighted by atomic mass is 10.3. The summed E-state index contributed by atoms with van der Waals surface area (Å²) in [5.41, 5.74) is 0. The van der Waals surface area contributed by atoms with Crippen LogP contribution in [0.5, 0.6) is 0 Å². The summed E-state index contributed by atoms with van der Waals surface area (Å²) in [6.45, 7) is -0.0321. The van der Waals surface area contributed by atoms with E-state index in [0.29, 0.717) is 9.21 Å². The molecule has 80 valence electrons. The predicted octanol–water partition coefficient (Wildman–Crippen LogP) is 0.984. The molecule has 0 fully saturated rings. The predicted molar refractivity (Wildman–Crippen MR) is 57.1 cm³/mol. The number of thiophene rings is 1. The fourth-order valence-electron chi connectivity index (χ4n) is 0.838. The number of hydrogen-bond acceptors (Lipinski definition) is 4. The Morgan fingerprint density at radius 2 is 2.29 bits per heavy atom. The third-order valence-corrected chi connectivity index (χ3v) is 3.48. The van der Waals surface area contributed by atoms with Crippen LogP contribution in [0.4, 0.5) is 0 Å². The van der Waals surface area contributed by atoms with Crippen molar-refractivity contribution in [1.29, 1.82) is 0 Å². The Morgan fingerprint density at radius 3 is 2.71 bits per heavy atom. The van der Waals surface area contributed by atoms with Crippen LogP contribution in [0.25, 0.3) is 0 Å². The summed E-state index contributed by atoms with van der Waals surface area (Å²) < 4.78 is 24.2. The maximum atomic E-state index is 10.7. The molecule has 0 amide bonds. The van der Waals surface area contributed by atoms with Crippen LogP contribution in [0.1, 0.15) is 11.0 Å². The number of sulfonamides is 1. The minimum atomic E-state index is -3.26. The van der Waals surface area contributed by atoms with Crippen molar-refractivity contribution in [2.75, 3.05) is 12.8 Å². The van der Waals surface area contributed by atoms with Gasteiger partial charge in [0.15, 0.2) is 0 Å². The van der Waals surface area contributed by atoms with Crippen LogP contribution in [-0.4, -0.2) is 26.3 Å². The monoisotopic (exact) mass is 255 g/mol. The van der Waals surface area contributed by atoms with E-state index in [4.69, 9.17) is 11.6 Å². The van der Waals surface area contributed by atoms with E-state index in [9.17, 15) is 13.5 Å². The fourth-order valence-corrected chi connectivity index (χ4v) is 2.35. The standard InChI is InChI=1S/C7H10ClNO3S2/c1-14(11,12)9-4-5(10)6-2-3-7(8)13-6/h2-3,5,9-10H,4H2,1H3. The van der Waals surface area contributed by atoms with Gasteiger partial charge in [0.2, 0.25) is 10.0 Å². The van der Waals surface area contributed by atoms with Gasteiger partial charge >= 0.3 is 0 Å². The molecule has 0 radical (unpaired) electrons. The Labute approximate surface area is 91.6 Å². The highest BCUT2D eigenvalue weighted by Gasteiger charge is 2.12. The molecule has 0 aromatic carbocycles. The molecule has 1 rings (SSSR count). The summed E-state index contributed by atoms with van der Waals surface area (Å²) in [7, 11) is -3.26. The first kappa shape index (κ1) is 11.9. The van der Waals surface area contributed by atoms with Crippen molar-refractivity contribution in [3.63, 3.8) is 0 Å². The van der Waals surface area contributed by atoms with Crippen molar-refractivity contribution in [2.24, 2.45) is 0 Å². The zero-order valence-electron chi connectivity index (χ0n) is 7.40. The lowest BCUT2D eigenvalue weighted by molar-refractivity contribution is 0.186. The van der Waals surface area contributed by atoms with Crippen LogP contribution in [0.2, 0.25) is 4.34 Å². The molecule has 4 nitrogen and oxygen atoms in total. The summed E-state index contributed by atoms with van der Waals surface area (Å²) in [6.07, 6.45) is 0.198. The molecular weight excluding hydrogens is 246 g/mol. The highest BCUT2D eigenvalue weighted by atomic mass is 35.5. The number of halogens is 1. The van der Waals surface area contributed by atoms with Gasteiger partial charge in [-0.2, -0.15) is 0 Å². The van der Waals surface area contributed by atoms with Crippen molar-refractivity contribution in [3.05, 3.63) is 21.3 Å². The summed E-state index contributed by atoms with van der Waals surface area (Å²) >= 11 is 6.89. The van der Waals surface area contributed by atoms with Crippen molar-refractivity contribution in [3.8, 4) is 0 Å². The van der Waals surface area contributed by atoms with E-state index < -0.39 is 16.1 Å². The molecule has 0 aliphatic rings. The maximum Gasteiger partial charge on any atom is 0.208 e. The van der Waals surface area contributed by atoms with Gasteiger partial charge in [-0.05, 0) is 12.1 Å². The molecular formula is C7H10ClNO3S2. The van der Waals surface area contributed by atoms with Gasteiger partial charge in [0.1, 0.15) is 6.10 Å².